The van der Waals surface area contributed by atoms with Crippen LogP contribution in [0.15, 0.2) is 52.4 Å². The molecule has 0 unspecified atom stereocenters. The fourth-order valence-electron chi connectivity index (χ4n) is 2.83. The molecule has 0 fully saturated rings. The Bertz CT molecular complexity index is 1060. The quantitative estimate of drug-likeness (QED) is 0.308. The van der Waals surface area contributed by atoms with Crippen LogP contribution in [-0.2, 0) is 0 Å². The molecular weight excluding hydrogens is 396 g/mol. The second-order valence-corrected chi connectivity index (χ2v) is 7.87. The van der Waals surface area contributed by atoms with Crippen LogP contribution in [0.1, 0.15) is 37.2 Å². The van der Waals surface area contributed by atoms with Gasteiger partial charge in [0, 0.05) is 16.6 Å². The van der Waals surface area contributed by atoms with E-state index in [2.05, 4.69) is 4.98 Å². The van der Waals surface area contributed by atoms with E-state index < -0.39 is 0 Å². The minimum Gasteiger partial charge on any atom is -0.494 e. The molecule has 0 spiro atoms. The molecule has 28 heavy (non-hydrogen) atoms. The molecule has 1 heterocycles. The average molecular weight is 417 g/mol. The number of carbonyl (C=O) groups is 1. The Labute approximate surface area is 172 Å². The van der Waals surface area contributed by atoms with E-state index in [1.54, 1.807) is 47.0 Å². The smallest absolute Gasteiger partial charge is 0.262 e. The first-order valence-electron chi connectivity index (χ1n) is 9.01. The third kappa shape index (κ3) is 4.39. The molecule has 0 aliphatic heterocycles. The van der Waals surface area contributed by atoms with Gasteiger partial charge in [-0.15, -0.1) is 0 Å². The number of rotatable bonds is 7. The zero-order chi connectivity index (χ0) is 20.3. The van der Waals surface area contributed by atoms with Gasteiger partial charge in [0.25, 0.3) is 5.56 Å². The summed E-state index contributed by atoms with van der Waals surface area (Å²) >= 11 is 7.30. The predicted molar refractivity (Wildman–Crippen MR) is 114 cm³/mol. The molecule has 5 nitrogen and oxygen atoms in total. The highest BCUT2D eigenvalue weighted by atomic mass is 35.5. The fourth-order valence-corrected chi connectivity index (χ4v) is 4.01. The molecule has 0 atom stereocenters. The highest BCUT2D eigenvalue weighted by Gasteiger charge is 2.16. The monoisotopic (exact) mass is 416 g/mol. The molecule has 0 amide bonds. The van der Waals surface area contributed by atoms with Crippen molar-refractivity contribution in [3.63, 3.8) is 0 Å². The first kappa shape index (κ1) is 20.4. The third-order valence-corrected chi connectivity index (χ3v) is 5.36. The summed E-state index contributed by atoms with van der Waals surface area (Å²) in [6.07, 6.45) is 0. The maximum absolute atomic E-state index is 12.9. The molecule has 3 aromatic rings. The van der Waals surface area contributed by atoms with Crippen LogP contribution >= 0.6 is 23.4 Å². The minimum absolute atomic E-state index is 0.0382. The van der Waals surface area contributed by atoms with Gasteiger partial charge in [-0.05, 0) is 63.2 Å². The Morgan fingerprint density at radius 1 is 1.21 bits per heavy atom. The molecule has 0 bridgehead atoms. The van der Waals surface area contributed by atoms with Gasteiger partial charge in [-0.3, -0.25) is 14.2 Å². The van der Waals surface area contributed by atoms with Crippen molar-refractivity contribution in [3.8, 4) is 5.75 Å². The number of ketones is 1. The van der Waals surface area contributed by atoms with Crippen LogP contribution in [0.5, 0.6) is 5.75 Å². The van der Waals surface area contributed by atoms with Crippen LogP contribution in [0.2, 0.25) is 5.02 Å². The molecule has 2 aromatic carbocycles. The molecule has 0 radical (unpaired) electrons. The van der Waals surface area contributed by atoms with Gasteiger partial charge in [-0.2, -0.15) is 0 Å². The number of aromatic nitrogens is 2. The van der Waals surface area contributed by atoms with Gasteiger partial charge in [-0.1, -0.05) is 23.4 Å². The van der Waals surface area contributed by atoms with Crippen molar-refractivity contribution in [3.05, 3.63) is 63.4 Å². The average Bonchev–Trinajstić information content (AvgIpc) is 2.66. The maximum atomic E-state index is 12.9. The summed E-state index contributed by atoms with van der Waals surface area (Å²) < 4.78 is 7.02. The van der Waals surface area contributed by atoms with E-state index in [1.807, 2.05) is 20.8 Å². The number of hydrogen-bond donors (Lipinski definition) is 0. The lowest BCUT2D eigenvalue weighted by Crippen LogP contribution is -2.25. The zero-order valence-electron chi connectivity index (χ0n) is 15.9. The number of hydrogen-bond acceptors (Lipinski definition) is 5. The van der Waals surface area contributed by atoms with E-state index in [0.717, 1.165) is 5.75 Å². The lowest BCUT2D eigenvalue weighted by molar-refractivity contribution is 0.102. The first-order chi connectivity index (χ1) is 13.4. The Morgan fingerprint density at radius 2 is 1.93 bits per heavy atom. The number of halogens is 1. The Hall–Kier alpha value is -2.31. The molecule has 146 valence electrons. The van der Waals surface area contributed by atoms with Gasteiger partial charge < -0.3 is 4.74 Å². The maximum Gasteiger partial charge on any atom is 0.262 e. The minimum atomic E-state index is -0.132. The van der Waals surface area contributed by atoms with Gasteiger partial charge in [0.2, 0.25) is 0 Å². The molecule has 3 rings (SSSR count). The normalized spacial score (nSPS) is 11.2. The molecule has 0 N–H and O–H groups in total. The van der Waals surface area contributed by atoms with Crippen LogP contribution in [0.25, 0.3) is 10.9 Å². The number of thioether (sulfide) groups is 1. The lowest BCUT2D eigenvalue weighted by Gasteiger charge is -2.16. The number of nitrogens with zero attached hydrogens (tertiary/aromatic N) is 2. The Balaban J connectivity index is 1.87. The van der Waals surface area contributed by atoms with Crippen molar-refractivity contribution in [2.45, 2.75) is 32.0 Å². The number of fused-ring (bicyclic) bond motifs is 1. The SMILES string of the molecule is CCOc1ccc(C(=O)CSc2nc3cc(Cl)ccc3c(=O)n2C(C)C)cc1. The topological polar surface area (TPSA) is 61.2 Å². The number of benzene rings is 2. The van der Waals surface area contributed by atoms with Crippen LogP contribution < -0.4 is 10.3 Å². The van der Waals surface area contributed by atoms with Gasteiger partial charge in [0.15, 0.2) is 10.9 Å². The van der Waals surface area contributed by atoms with Crippen molar-refractivity contribution < 1.29 is 9.53 Å². The van der Waals surface area contributed by atoms with Gasteiger partial charge >= 0.3 is 0 Å². The summed E-state index contributed by atoms with van der Waals surface area (Å²) in [5.74, 6) is 0.872. The Morgan fingerprint density at radius 3 is 2.57 bits per heavy atom. The summed E-state index contributed by atoms with van der Waals surface area (Å²) in [5.41, 5.74) is 0.997. The highest BCUT2D eigenvalue weighted by Crippen LogP contribution is 2.24. The van der Waals surface area contributed by atoms with Crippen molar-refractivity contribution in [1.29, 1.82) is 0 Å². The fraction of sp³-hybridized carbons (Fsp3) is 0.286. The van der Waals surface area contributed by atoms with Crippen molar-refractivity contribution >= 4 is 40.0 Å². The van der Waals surface area contributed by atoms with Gasteiger partial charge in [-0.25, -0.2) is 4.98 Å². The van der Waals surface area contributed by atoms with E-state index >= 15 is 0 Å². The third-order valence-electron chi connectivity index (χ3n) is 4.17. The van der Waals surface area contributed by atoms with E-state index in [1.165, 1.54) is 11.8 Å². The Kier molecular flexibility index (Phi) is 6.42. The molecular formula is C21H21ClN2O3S. The number of carbonyl (C=O) groups excluding carboxylic acids is 1. The van der Waals surface area contributed by atoms with Gasteiger partial charge in [0.1, 0.15) is 5.75 Å². The molecule has 1 aromatic heterocycles. The van der Waals surface area contributed by atoms with E-state index in [4.69, 9.17) is 16.3 Å². The van der Waals surface area contributed by atoms with Gasteiger partial charge in [0.05, 0.1) is 23.3 Å². The van der Waals surface area contributed by atoms with E-state index in [9.17, 15) is 9.59 Å². The number of Topliss-reactive ketones (excluding diaryl/α,β-unsaturated/α-hetero) is 1. The molecule has 7 heteroatoms. The second-order valence-electron chi connectivity index (χ2n) is 6.49. The molecule has 0 aliphatic carbocycles. The van der Waals surface area contributed by atoms with E-state index in [-0.39, 0.29) is 23.1 Å². The van der Waals surface area contributed by atoms with Crippen LogP contribution in [0, 0.1) is 0 Å². The summed E-state index contributed by atoms with van der Waals surface area (Å²) in [5, 5.41) is 1.54. The lowest BCUT2D eigenvalue weighted by atomic mass is 10.1. The first-order valence-corrected chi connectivity index (χ1v) is 10.4. The summed E-state index contributed by atoms with van der Waals surface area (Å²) in [4.78, 5) is 30.0. The summed E-state index contributed by atoms with van der Waals surface area (Å²) in [6.45, 7) is 6.33. The van der Waals surface area contributed by atoms with Crippen LogP contribution in [0.4, 0.5) is 0 Å². The number of ether oxygens (including phenoxy) is 1. The molecule has 0 saturated carbocycles. The molecule has 0 saturated heterocycles. The van der Waals surface area contributed by atoms with E-state index in [0.29, 0.717) is 33.3 Å². The van der Waals surface area contributed by atoms with Crippen molar-refractivity contribution in [2.75, 3.05) is 12.4 Å². The summed E-state index contributed by atoms with van der Waals surface area (Å²) in [6, 6.07) is 12.0. The van der Waals surface area contributed by atoms with Crippen LogP contribution in [0.3, 0.4) is 0 Å². The largest absolute Gasteiger partial charge is 0.494 e. The van der Waals surface area contributed by atoms with Crippen molar-refractivity contribution in [1.82, 2.24) is 9.55 Å². The molecule has 0 aliphatic rings. The standard InChI is InChI=1S/C21H21ClN2O3S/c1-4-27-16-8-5-14(6-9-16)19(25)12-28-21-23-18-11-15(22)7-10-17(18)20(26)24(21)13(2)3/h5-11,13H,4,12H2,1-3H3. The second kappa shape index (κ2) is 8.80. The summed E-state index contributed by atoms with van der Waals surface area (Å²) in [7, 11) is 0. The van der Waals surface area contributed by atoms with Crippen LogP contribution in [-0.4, -0.2) is 27.7 Å². The predicted octanol–water partition coefficient (Wildman–Crippen LogP) is 5.00. The zero-order valence-corrected chi connectivity index (χ0v) is 17.5. The van der Waals surface area contributed by atoms with Crippen molar-refractivity contribution in [2.24, 2.45) is 0 Å². The highest BCUT2D eigenvalue weighted by molar-refractivity contribution is 7.99.